The number of nitrogens with one attached hydrogen (secondary N) is 2. The number of hydrogen-bond donors (Lipinski definition) is 2. The van der Waals surface area contributed by atoms with Crippen LogP contribution >= 0.6 is 11.3 Å². The minimum absolute atomic E-state index is 0.913. The van der Waals surface area contributed by atoms with Crippen LogP contribution in [0.5, 0.6) is 0 Å². The van der Waals surface area contributed by atoms with Gasteiger partial charge in [-0.15, -0.1) is 11.3 Å². The highest BCUT2D eigenvalue weighted by molar-refractivity contribution is 7.18. The highest BCUT2D eigenvalue weighted by Crippen LogP contribution is 2.37. The second-order valence-electron chi connectivity index (χ2n) is 6.86. The Hall–Kier alpha value is -1.24. The van der Waals surface area contributed by atoms with E-state index in [9.17, 15) is 0 Å². The maximum Gasteiger partial charge on any atom is 0.138 e. The van der Waals surface area contributed by atoms with Crippen LogP contribution in [0, 0.1) is 0 Å². The molecule has 0 amide bonds. The minimum atomic E-state index is 0.913. The number of hydrogen-bond acceptors (Lipinski definition) is 5. The van der Waals surface area contributed by atoms with Crippen LogP contribution < -0.4 is 10.2 Å². The number of anilines is 1. The summed E-state index contributed by atoms with van der Waals surface area (Å²) in [6.45, 7) is 6.33. The summed E-state index contributed by atoms with van der Waals surface area (Å²) in [5.74, 6) is 1.05. The van der Waals surface area contributed by atoms with E-state index in [0.717, 1.165) is 38.7 Å². The number of morpholine rings is 1. The summed E-state index contributed by atoms with van der Waals surface area (Å²) in [4.78, 5) is 13.5. The van der Waals surface area contributed by atoms with Gasteiger partial charge in [0, 0.05) is 17.8 Å². The molecule has 0 radical (unpaired) electrons. The van der Waals surface area contributed by atoms with E-state index >= 15 is 0 Å². The van der Waals surface area contributed by atoms with E-state index in [-0.39, 0.29) is 0 Å². The smallest absolute Gasteiger partial charge is 0.138 e. The molecule has 5 nitrogen and oxygen atoms in total. The van der Waals surface area contributed by atoms with Gasteiger partial charge >= 0.3 is 0 Å². The fraction of sp³-hybridized carbons (Fsp3) is 0.667. The van der Waals surface area contributed by atoms with Gasteiger partial charge in [0.2, 0.25) is 0 Å². The van der Waals surface area contributed by atoms with Crippen molar-refractivity contribution < 1.29 is 9.64 Å². The van der Waals surface area contributed by atoms with Crippen molar-refractivity contribution in [2.75, 3.05) is 44.7 Å². The molecule has 0 aromatic carbocycles. The van der Waals surface area contributed by atoms with Gasteiger partial charge in [0.1, 0.15) is 30.1 Å². The molecular weight excluding hydrogens is 320 g/mol. The fourth-order valence-corrected chi connectivity index (χ4v) is 5.09. The van der Waals surface area contributed by atoms with Crippen molar-refractivity contribution in [3.63, 3.8) is 0 Å². The molecule has 2 aromatic heterocycles. The Labute approximate surface area is 147 Å². The standard InChI is InChI=1S/C18H26N4OS/c1-2-5-14-15(6-3-1)24-18-16(14)17(20-13-21-18)19-7-4-8-22-9-11-23-12-10-22/h13H,1-12H2,(H,19,20,21)/p+1. The van der Waals surface area contributed by atoms with Crippen LogP contribution in [0.15, 0.2) is 6.33 Å². The Morgan fingerprint density at radius 2 is 2.00 bits per heavy atom. The number of quaternary nitrogens is 1. The monoisotopic (exact) mass is 347 g/mol. The SMILES string of the molecule is c1nc(NCCC[NH+]2CCOCC2)c2c3c(sc2n1)CCCCC3. The van der Waals surface area contributed by atoms with Crippen LogP contribution in [0.2, 0.25) is 0 Å². The minimum Gasteiger partial charge on any atom is -0.370 e. The summed E-state index contributed by atoms with van der Waals surface area (Å²) >= 11 is 1.88. The van der Waals surface area contributed by atoms with E-state index < -0.39 is 0 Å². The fourth-order valence-electron chi connectivity index (χ4n) is 3.86. The van der Waals surface area contributed by atoms with E-state index in [2.05, 4.69) is 15.3 Å². The summed E-state index contributed by atoms with van der Waals surface area (Å²) in [6.07, 6.45) is 9.26. The Kier molecular flexibility index (Phi) is 5.25. The molecule has 0 bridgehead atoms. The molecule has 2 N–H and O–H groups in total. The van der Waals surface area contributed by atoms with Crippen LogP contribution in [0.3, 0.4) is 0 Å². The first-order valence-corrected chi connectivity index (χ1v) is 10.1. The lowest BCUT2D eigenvalue weighted by Crippen LogP contribution is -3.14. The quantitative estimate of drug-likeness (QED) is 0.638. The average molecular weight is 348 g/mol. The molecule has 0 spiro atoms. The van der Waals surface area contributed by atoms with Gasteiger partial charge in [0.05, 0.1) is 25.1 Å². The third-order valence-corrected chi connectivity index (χ3v) is 6.40. The van der Waals surface area contributed by atoms with Crippen molar-refractivity contribution in [3.8, 4) is 0 Å². The molecule has 1 saturated heterocycles. The van der Waals surface area contributed by atoms with Gasteiger partial charge in [0.15, 0.2) is 0 Å². The largest absolute Gasteiger partial charge is 0.370 e. The van der Waals surface area contributed by atoms with Gasteiger partial charge in [-0.25, -0.2) is 9.97 Å². The lowest BCUT2D eigenvalue weighted by Gasteiger charge is -2.23. The summed E-state index contributed by atoms with van der Waals surface area (Å²) in [5, 5.41) is 4.90. The summed E-state index contributed by atoms with van der Waals surface area (Å²) in [7, 11) is 0. The zero-order valence-corrected chi connectivity index (χ0v) is 15.1. The van der Waals surface area contributed by atoms with Gasteiger partial charge in [-0.3, -0.25) is 0 Å². The second-order valence-corrected chi connectivity index (χ2v) is 7.94. The van der Waals surface area contributed by atoms with E-state index in [1.807, 2.05) is 11.3 Å². The zero-order chi connectivity index (χ0) is 16.2. The van der Waals surface area contributed by atoms with Crippen molar-refractivity contribution in [1.82, 2.24) is 9.97 Å². The van der Waals surface area contributed by atoms with Gasteiger partial charge in [0.25, 0.3) is 0 Å². The molecule has 1 aliphatic carbocycles. The van der Waals surface area contributed by atoms with Crippen LogP contribution in [-0.4, -0.2) is 49.4 Å². The lowest BCUT2D eigenvalue weighted by atomic mass is 10.1. The Morgan fingerprint density at radius 3 is 2.92 bits per heavy atom. The lowest BCUT2D eigenvalue weighted by molar-refractivity contribution is -0.908. The number of aryl methyl sites for hydroxylation is 2. The Morgan fingerprint density at radius 1 is 1.12 bits per heavy atom. The first kappa shape index (κ1) is 16.2. The number of ether oxygens (including phenoxy) is 1. The second kappa shape index (κ2) is 7.76. The zero-order valence-electron chi connectivity index (χ0n) is 14.3. The Bertz CT molecular complexity index is 681. The van der Waals surface area contributed by atoms with Gasteiger partial charge < -0.3 is 15.0 Å². The molecule has 1 fully saturated rings. The molecule has 3 heterocycles. The van der Waals surface area contributed by atoms with E-state index in [0.29, 0.717) is 0 Å². The maximum absolute atomic E-state index is 5.43. The van der Waals surface area contributed by atoms with Crippen molar-refractivity contribution in [1.29, 1.82) is 0 Å². The van der Waals surface area contributed by atoms with Gasteiger partial charge in [-0.2, -0.15) is 0 Å². The van der Waals surface area contributed by atoms with Crippen LogP contribution in [-0.2, 0) is 17.6 Å². The normalized spacial score (nSPS) is 19.2. The summed E-state index contributed by atoms with van der Waals surface area (Å²) in [6, 6.07) is 0. The van der Waals surface area contributed by atoms with Crippen molar-refractivity contribution in [3.05, 3.63) is 16.8 Å². The summed E-state index contributed by atoms with van der Waals surface area (Å²) < 4.78 is 5.43. The number of thiophene rings is 1. The molecule has 4 rings (SSSR count). The van der Waals surface area contributed by atoms with Crippen molar-refractivity contribution in [2.24, 2.45) is 0 Å². The molecule has 6 heteroatoms. The van der Waals surface area contributed by atoms with E-state index in [1.165, 1.54) is 60.8 Å². The Balaban J connectivity index is 1.42. The number of rotatable bonds is 5. The predicted molar refractivity (Wildman–Crippen MR) is 98.2 cm³/mol. The molecule has 0 atom stereocenters. The highest BCUT2D eigenvalue weighted by atomic mass is 32.1. The molecule has 24 heavy (non-hydrogen) atoms. The molecule has 0 saturated carbocycles. The first-order valence-electron chi connectivity index (χ1n) is 9.32. The van der Waals surface area contributed by atoms with Gasteiger partial charge in [-0.1, -0.05) is 6.42 Å². The first-order chi connectivity index (χ1) is 11.9. The number of nitrogens with zero attached hydrogens (tertiary/aromatic N) is 2. The van der Waals surface area contributed by atoms with Crippen molar-refractivity contribution in [2.45, 2.75) is 38.5 Å². The maximum atomic E-state index is 5.43. The topological polar surface area (TPSA) is 51.5 Å². The summed E-state index contributed by atoms with van der Waals surface area (Å²) in [5.41, 5.74) is 1.52. The average Bonchev–Trinajstić information content (AvgIpc) is 2.82. The molecule has 1 aliphatic heterocycles. The molecule has 130 valence electrons. The third kappa shape index (κ3) is 3.55. The highest BCUT2D eigenvalue weighted by Gasteiger charge is 2.19. The predicted octanol–water partition coefficient (Wildman–Crippen LogP) is 1.68. The van der Waals surface area contributed by atoms with Crippen LogP contribution in [0.4, 0.5) is 5.82 Å². The number of fused-ring (bicyclic) bond motifs is 3. The molecule has 2 aromatic rings. The van der Waals surface area contributed by atoms with Crippen LogP contribution in [0.25, 0.3) is 10.2 Å². The van der Waals surface area contributed by atoms with E-state index in [1.54, 1.807) is 16.1 Å². The molecule has 2 aliphatic rings. The van der Waals surface area contributed by atoms with Crippen LogP contribution in [0.1, 0.15) is 36.1 Å². The third-order valence-electron chi connectivity index (χ3n) is 5.20. The molecule has 0 unspecified atom stereocenters. The van der Waals surface area contributed by atoms with E-state index in [4.69, 9.17) is 4.74 Å². The molecular formula is C18H27N4OS+. The van der Waals surface area contributed by atoms with Gasteiger partial charge in [-0.05, 0) is 31.2 Å². The van der Waals surface area contributed by atoms with Crippen molar-refractivity contribution >= 4 is 27.4 Å². The number of aromatic nitrogens is 2.